The number of alkyl halides is 3. The maximum absolute atomic E-state index is 12.5. The molecule has 1 fully saturated rings. The molecule has 0 atom stereocenters. The third-order valence-electron chi connectivity index (χ3n) is 2.87. The Morgan fingerprint density at radius 1 is 1.32 bits per heavy atom. The molecule has 3 nitrogen and oxygen atoms in total. The molecule has 1 aromatic carbocycles. The summed E-state index contributed by atoms with van der Waals surface area (Å²) in [7, 11) is 0. The fraction of sp³-hybridized carbons (Fsp3) is 0.462. The number of benzene rings is 1. The van der Waals surface area contributed by atoms with Gasteiger partial charge in [0.1, 0.15) is 0 Å². The van der Waals surface area contributed by atoms with Crippen molar-refractivity contribution in [3.63, 3.8) is 0 Å². The van der Waals surface area contributed by atoms with E-state index in [-0.39, 0.29) is 19.0 Å². The molecule has 2 rings (SSSR count). The molecule has 0 bridgehead atoms. The van der Waals surface area contributed by atoms with Gasteiger partial charge in [0.25, 0.3) is 0 Å². The van der Waals surface area contributed by atoms with E-state index in [2.05, 4.69) is 10.6 Å². The highest BCUT2D eigenvalue weighted by Gasteiger charge is 2.30. The summed E-state index contributed by atoms with van der Waals surface area (Å²) in [5.74, 6) is -0.204. The highest BCUT2D eigenvalue weighted by atomic mass is 19.4. The van der Waals surface area contributed by atoms with E-state index in [1.54, 1.807) is 6.07 Å². The van der Waals surface area contributed by atoms with E-state index in [4.69, 9.17) is 0 Å². The summed E-state index contributed by atoms with van der Waals surface area (Å²) >= 11 is 0. The predicted octanol–water partition coefficient (Wildman–Crippen LogP) is 2.07. The number of carbonyl (C=O) groups is 1. The van der Waals surface area contributed by atoms with Crippen LogP contribution in [0.2, 0.25) is 0 Å². The zero-order valence-corrected chi connectivity index (χ0v) is 10.3. The molecule has 1 aliphatic rings. The van der Waals surface area contributed by atoms with Crippen LogP contribution in [0.25, 0.3) is 0 Å². The molecule has 2 N–H and O–H groups in total. The highest BCUT2D eigenvalue weighted by molar-refractivity contribution is 5.78. The molecular weight excluding hydrogens is 257 g/mol. The van der Waals surface area contributed by atoms with Crippen molar-refractivity contribution in [2.45, 2.75) is 31.6 Å². The van der Waals surface area contributed by atoms with Crippen LogP contribution in [-0.4, -0.2) is 18.5 Å². The first-order valence-corrected chi connectivity index (χ1v) is 6.11. The second-order valence-electron chi connectivity index (χ2n) is 4.63. The second-order valence-corrected chi connectivity index (χ2v) is 4.63. The van der Waals surface area contributed by atoms with Crippen molar-refractivity contribution in [1.29, 1.82) is 0 Å². The number of nitrogens with one attached hydrogen (secondary N) is 2. The Balaban J connectivity index is 1.83. The molecular formula is C13H15F3N2O. The molecule has 1 saturated carbocycles. The summed E-state index contributed by atoms with van der Waals surface area (Å²) in [5, 5.41) is 5.63. The van der Waals surface area contributed by atoms with E-state index in [9.17, 15) is 18.0 Å². The molecule has 0 unspecified atom stereocenters. The van der Waals surface area contributed by atoms with Crippen LogP contribution in [0.3, 0.4) is 0 Å². The number of rotatable bonds is 5. The summed E-state index contributed by atoms with van der Waals surface area (Å²) < 4.78 is 37.5. The summed E-state index contributed by atoms with van der Waals surface area (Å²) in [5.41, 5.74) is -0.259. The third-order valence-corrected chi connectivity index (χ3v) is 2.87. The first-order valence-electron chi connectivity index (χ1n) is 6.11. The van der Waals surface area contributed by atoms with Gasteiger partial charge in [-0.25, -0.2) is 0 Å². The van der Waals surface area contributed by atoms with Gasteiger partial charge >= 0.3 is 6.18 Å². The highest BCUT2D eigenvalue weighted by Crippen LogP contribution is 2.29. The minimum atomic E-state index is -4.35. The normalized spacial score (nSPS) is 15.3. The van der Waals surface area contributed by atoms with Crippen molar-refractivity contribution < 1.29 is 18.0 Å². The van der Waals surface area contributed by atoms with Gasteiger partial charge in [-0.15, -0.1) is 0 Å². The van der Waals surface area contributed by atoms with Crippen molar-refractivity contribution in [1.82, 2.24) is 10.6 Å². The maximum atomic E-state index is 12.5. The van der Waals surface area contributed by atoms with E-state index < -0.39 is 11.7 Å². The van der Waals surface area contributed by atoms with Crippen molar-refractivity contribution >= 4 is 5.91 Å². The Hall–Kier alpha value is -1.56. The number of halogens is 3. The topological polar surface area (TPSA) is 41.1 Å². The fourth-order valence-electron chi connectivity index (χ4n) is 1.65. The first-order chi connectivity index (χ1) is 8.95. The van der Waals surface area contributed by atoms with Gasteiger partial charge in [-0.3, -0.25) is 4.79 Å². The van der Waals surface area contributed by atoms with Gasteiger partial charge in [0.05, 0.1) is 12.1 Å². The summed E-state index contributed by atoms with van der Waals surface area (Å²) in [4.78, 5) is 11.4. The number of hydrogen-bond acceptors (Lipinski definition) is 2. The molecule has 104 valence electrons. The minimum absolute atomic E-state index is 0.106. The molecule has 0 spiro atoms. The molecule has 1 aliphatic carbocycles. The van der Waals surface area contributed by atoms with Gasteiger partial charge in [0, 0.05) is 12.6 Å². The number of hydrogen-bond donors (Lipinski definition) is 2. The predicted molar refractivity (Wildman–Crippen MR) is 64.3 cm³/mol. The van der Waals surface area contributed by atoms with Gasteiger partial charge in [-0.1, -0.05) is 12.1 Å². The minimum Gasteiger partial charge on any atom is -0.351 e. The monoisotopic (exact) mass is 272 g/mol. The van der Waals surface area contributed by atoms with Crippen molar-refractivity contribution in [3.05, 3.63) is 35.4 Å². The molecule has 6 heteroatoms. The zero-order chi connectivity index (χ0) is 13.9. The Labute approximate surface area is 109 Å². The van der Waals surface area contributed by atoms with Gasteiger partial charge in [-0.05, 0) is 30.5 Å². The summed E-state index contributed by atoms with van der Waals surface area (Å²) in [6.07, 6.45) is -2.19. The number of amides is 1. The van der Waals surface area contributed by atoms with Gasteiger partial charge < -0.3 is 10.6 Å². The van der Waals surface area contributed by atoms with Crippen LogP contribution in [0.5, 0.6) is 0 Å². The Morgan fingerprint density at radius 3 is 2.68 bits per heavy atom. The van der Waals surface area contributed by atoms with Crippen LogP contribution in [0.15, 0.2) is 24.3 Å². The van der Waals surface area contributed by atoms with Crippen molar-refractivity contribution in [2.75, 3.05) is 6.54 Å². The van der Waals surface area contributed by atoms with E-state index >= 15 is 0 Å². The second kappa shape index (κ2) is 5.61. The molecule has 0 aromatic heterocycles. The smallest absolute Gasteiger partial charge is 0.351 e. The average Bonchev–Trinajstić information content (AvgIpc) is 3.17. The molecule has 0 saturated heterocycles. The van der Waals surface area contributed by atoms with Crippen LogP contribution >= 0.6 is 0 Å². The van der Waals surface area contributed by atoms with Crippen LogP contribution in [0.1, 0.15) is 24.0 Å². The largest absolute Gasteiger partial charge is 0.416 e. The SMILES string of the molecule is O=C(CNC1CC1)NCc1cccc(C(F)(F)F)c1. The molecule has 1 aromatic rings. The zero-order valence-electron chi connectivity index (χ0n) is 10.3. The summed E-state index contributed by atoms with van der Waals surface area (Å²) in [6.45, 7) is 0.318. The van der Waals surface area contributed by atoms with Gasteiger partial charge in [0.2, 0.25) is 5.91 Å². The Morgan fingerprint density at radius 2 is 2.05 bits per heavy atom. The Bertz CT molecular complexity index is 455. The van der Waals surface area contributed by atoms with E-state index in [0.29, 0.717) is 11.6 Å². The van der Waals surface area contributed by atoms with E-state index in [1.807, 2.05) is 0 Å². The Kier molecular flexibility index (Phi) is 4.09. The quantitative estimate of drug-likeness (QED) is 0.861. The fourth-order valence-corrected chi connectivity index (χ4v) is 1.65. The molecule has 0 heterocycles. The van der Waals surface area contributed by atoms with Crippen LogP contribution in [-0.2, 0) is 17.5 Å². The van der Waals surface area contributed by atoms with Crippen molar-refractivity contribution in [3.8, 4) is 0 Å². The van der Waals surface area contributed by atoms with E-state index in [1.165, 1.54) is 6.07 Å². The molecule has 0 radical (unpaired) electrons. The molecule has 19 heavy (non-hydrogen) atoms. The lowest BCUT2D eigenvalue weighted by atomic mass is 10.1. The molecule has 1 amide bonds. The standard InChI is InChI=1S/C13H15F3N2O/c14-13(15,16)10-3-1-2-9(6-10)7-18-12(19)8-17-11-4-5-11/h1-3,6,11,17H,4-5,7-8H2,(H,18,19). The lowest BCUT2D eigenvalue weighted by Gasteiger charge is -2.10. The van der Waals surface area contributed by atoms with Crippen LogP contribution in [0.4, 0.5) is 13.2 Å². The van der Waals surface area contributed by atoms with Crippen LogP contribution < -0.4 is 10.6 Å². The van der Waals surface area contributed by atoms with Gasteiger partial charge in [0.15, 0.2) is 0 Å². The lowest BCUT2D eigenvalue weighted by Crippen LogP contribution is -2.34. The van der Waals surface area contributed by atoms with Crippen molar-refractivity contribution in [2.24, 2.45) is 0 Å². The van der Waals surface area contributed by atoms with Crippen LogP contribution in [0, 0.1) is 0 Å². The van der Waals surface area contributed by atoms with E-state index in [0.717, 1.165) is 25.0 Å². The lowest BCUT2D eigenvalue weighted by molar-refractivity contribution is -0.137. The first kappa shape index (κ1) is 13.9. The summed E-state index contributed by atoms with van der Waals surface area (Å²) in [6, 6.07) is 5.39. The van der Waals surface area contributed by atoms with Gasteiger partial charge in [-0.2, -0.15) is 13.2 Å². The number of carbonyl (C=O) groups excluding carboxylic acids is 1. The maximum Gasteiger partial charge on any atom is 0.416 e. The molecule has 0 aliphatic heterocycles. The average molecular weight is 272 g/mol. The third kappa shape index (κ3) is 4.55.